The molecule has 0 amide bonds. The Bertz CT molecular complexity index is 259. The van der Waals surface area contributed by atoms with E-state index in [1.807, 2.05) is 0 Å². The van der Waals surface area contributed by atoms with Gasteiger partial charge in [0.2, 0.25) is 0 Å². The molecule has 16 heavy (non-hydrogen) atoms. The van der Waals surface area contributed by atoms with E-state index in [1.54, 1.807) is 18.4 Å². The smallest absolute Gasteiger partial charge is 0.0477 e. The minimum Gasteiger partial charge on any atom is -0.385 e. The average Bonchev–Trinajstić information content (AvgIpc) is 2.75. The fourth-order valence-corrected chi connectivity index (χ4v) is 2.46. The second-order valence-electron chi connectivity index (χ2n) is 4.47. The van der Waals surface area contributed by atoms with Crippen molar-refractivity contribution in [3.05, 3.63) is 22.4 Å². The van der Waals surface area contributed by atoms with E-state index in [9.17, 15) is 0 Å². The fourth-order valence-electron chi connectivity index (χ4n) is 1.75. The zero-order valence-corrected chi connectivity index (χ0v) is 11.3. The minimum atomic E-state index is 0.568. The Morgan fingerprint density at radius 2 is 2.25 bits per heavy atom. The van der Waals surface area contributed by atoms with Gasteiger partial charge < -0.3 is 10.1 Å². The third-order valence-corrected chi connectivity index (χ3v) is 3.57. The molecule has 1 atom stereocenters. The molecule has 0 bridgehead atoms. The van der Waals surface area contributed by atoms with E-state index in [4.69, 9.17) is 4.74 Å². The largest absolute Gasteiger partial charge is 0.385 e. The maximum absolute atomic E-state index is 5.14. The second-order valence-corrected chi connectivity index (χ2v) is 5.25. The monoisotopic (exact) mass is 241 g/mol. The fraction of sp³-hybridized carbons (Fsp3) is 0.692. The first-order valence-electron chi connectivity index (χ1n) is 5.97. The highest BCUT2D eigenvalue weighted by atomic mass is 32.1. The summed E-state index contributed by atoms with van der Waals surface area (Å²) >= 11 is 1.77. The number of rotatable bonds is 8. The highest BCUT2D eigenvalue weighted by Gasteiger charge is 2.11. The van der Waals surface area contributed by atoms with Crippen LogP contribution in [0.3, 0.4) is 0 Å². The van der Waals surface area contributed by atoms with E-state index >= 15 is 0 Å². The van der Waals surface area contributed by atoms with Crippen LogP contribution in [0.1, 0.15) is 25.8 Å². The standard InChI is InChI=1S/C13H23NOS/c1-11(2)13(5-8-15-3)14-7-4-12-6-9-16-10-12/h6,9-11,13-14H,4-5,7-8H2,1-3H3. The summed E-state index contributed by atoms with van der Waals surface area (Å²) in [5, 5.41) is 7.98. The molecule has 0 saturated heterocycles. The van der Waals surface area contributed by atoms with Crippen molar-refractivity contribution in [1.82, 2.24) is 5.32 Å². The molecule has 3 heteroatoms. The number of nitrogens with one attached hydrogen (secondary N) is 1. The van der Waals surface area contributed by atoms with Crippen molar-refractivity contribution in [2.75, 3.05) is 20.3 Å². The lowest BCUT2D eigenvalue weighted by Gasteiger charge is -2.22. The molecular weight excluding hydrogens is 218 g/mol. The molecule has 1 heterocycles. The van der Waals surface area contributed by atoms with Crippen LogP contribution in [0.25, 0.3) is 0 Å². The van der Waals surface area contributed by atoms with Gasteiger partial charge in [0.15, 0.2) is 0 Å². The third kappa shape index (κ3) is 5.10. The lowest BCUT2D eigenvalue weighted by atomic mass is 10.0. The number of ether oxygens (including phenoxy) is 1. The Morgan fingerprint density at radius 3 is 2.81 bits per heavy atom. The van der Waals surface area contributed by atoms with E-state index in [-0.39, 0.29) is 0 Å². The Morgan fingerprint density at radius 1 is 1.44 bits per heavy atom. The first-order valence-corrected chi connectivity index (χ1v) is 6.91. The molecule has 0 fully saturated rings. The van der Waals surface area contributed by atoms with Crippen LogP contribution in [0.5, 0.6) is 0 Å². The second kappa shape index (κ2) is 7.82. The number of methoxy groups -OCH3 is 1. The molecule has 2 nitrogen and oxygen atoms in total. The number of hydrogen-bond donors (Lipinski definition) is 1. The SMILES string of the molecule is COCCC(NCCc1ccsc1)C(C)C. The van der Waals surface area contributed by atoms with Crippen LogP contribution >= 0.6 is 11.3 Å². The summed E-state index contributed by atoms with van der Waals surface area (Å²) in [5.74, 6) is 0.664. The molecule has 1 aromatic heterocycles. The van der Waals surface area contributed by atoms with Crippen LogP contribution in [-0.4, -0.2) is 26.3 Å². The van der Waals surface area contributed by atoms with Crippen LogP contribution in [0.4, 0.5) is 0 Å². The van der Waals surface area contributed by atoms with Gasteiger partial charge in [0.05, 0.1) is 0 Å². The number of thiophene rings is 1. The minimum absolute atomic E-state index is 0.568. The van der Waals surface area contributed by atoms with Gasteiger partial charge in [-0.3, -0.25) is 0 Å². The molecule has 1 N–H and O–H groups in total. The predicted octanol–water partition coefficient (Wildman–Crippen LogP) is 2.94. The van der Waals surface area contributed by atoms with Crippen molar-refractivity contribution in [2.24, 2.45) is 5.92 Å². The van der Waals surface area contributed by atoms with Crippen molar-refractivity contribution < 1.29 is 4.74 Å². The molecule has 0 saturated carbocycles. The van der Waals surface area contributed by atoms with Crippen molar-refractivity contribution in [3.8, 4) is 0 Å². The highest BCUT2D eigenvalue weighted by molar-refractivity contribution is 7.07. The Balaban J connectivity index is 2.21. The van der Waals surface area contributed by atoms with Gasteiger partial charge in [-0.15, -0.1) is 0 Å². The molecule has 0 radical (unpaired) electrons. The Hall–Kier alpha value is -0.380. The van der Waals surface area contributed by atoms with Gasteiger partial charge in [-0.05, 0) is 47.7 Å². The number of hydrogen-bond acceptors (Lipinski definition) is 3. The summed E-state index contributed by atoms with van der Waals surface area (Å²) < 4.78 is 5.14. The van der Waals surface area contributed by atoms with Crippen LogP contribution < -0.4 is 5.32 Å². The van der Waals surface area contributed by atoms with Gasteiger partial charge in [0, 0.05) is 19.8 Å². The lowest BCUT2D eigenvalue weighted by molar-refractivity contribution is 0.174. The molecule has 0 aliphatic rings. The zero-order chi connectivity index (χ0) is 11.8. The van der Waals surface area contributed by atoms with E-state index in [1.165, 1.54) is 5.56 Å². The zero-order valence-electron chi connectivity index (χ0n) is 10.5. The average molecular weight is 241 g/mol. The quantitative estimate of drug-likeness (QED) is 0.755. The molecule has 0 spiro atoms. The van der Waals surface area contributed by atoms with E-state index in [0.29, 0.717) is 12.0 Å². The first kappa shape index (κ1) is 13.7. The summed E-state index contributed by atoms with van der Waals surface area (Å²) in [6.07, 6.45) is 2.22. The summed E-state index contributed by atoms with van der Waals surface area (Å²) in [6, 6.07) is 2.77. The summed E-state index contributed by atoms with van der Waals surface area (Å²) in [7, 11) is 1.77. The summed E-state index contributed by atoms with van der Waals surface area (Å²) in [6.45, 7) is 6.42. The maximum atomic E-state index is 5.14. The molecule has 0 aromatic carbocycles. The first-order chi connectivity index (χ1) is 7.74. The summed E-state index contributed by atoms with van der Waals surface area (Å²) in [4.78, 5) is 0. The van der Waals surface area contributed by atoms with Crippen LogP contribution in [0, 0.1) is 5.92 Å². The topological polar surface area (TPSA) is 21.3 Å². The molecule has 0 aliphatic heterocycles. The van der Waals surface area contributed by atoms with E-state index in [2.05, 4.69) is 36.0 Å². The summed E-state index contributed by atoms with van der Waals surface area (Å²) in [5.41, 5.74) is 1.44. The van der Waals surface area contributed by atoms with Gasteiger partial charge in [0.25, 0.3) is 0 Å². The molecule has 1 rings (SSSR count). The van der Waals surface area contributed by atoms with Crippen molar-refractivity contribution in [3.63, 3.8) is 0 Å². The predicted molar refractivity (Wildman–Crippen MR) is 71.1 cm³/mol. The van der Waals surface area contributed by atoms with Crippen LogP contribution in [-0.2, 0) is 11.2 Å². The molecular formula is C13H23NOS. The Kier molecular flexibility index (Phi) is 6.69. The van der Waals surface area contributed by atoms with Crippen LogP contribution in [0.15, 0.2) is 16.8 Å². The molecule has 92 valence electrons. The highest BCUT2D eigenvalue weighted by Crippen LogP contribution is 2.08. The van der Waals surface area contributed by atoms with Crippen LogP contribution in [0.2, 0.25) is 0 Å². The normalized spacial score (nSPS) is 13.2. The van der Waals surface area contributed by atoms with Gasteiger partial charge in [-0.2, -0.15) is 11.3 Å². The Labute approximate surface area is 103 Å². The van der Waals surface area contributed by atoms with E-state index < -0.39 is 0 Å². The van der Waals surface area contributed by atoms with Gasteiger partial charge in [-0.25, -0.2) is 0 Å². The van der Waals surface area contributed by atoms with Gasteiger partial charge in [0.1, 0.15) is 0 Å². The molecule has 0 aliphatic carbocycles. The maximum Gasteiger partial charge on any atom is 0.0477 e. The van der Waals surface area contributed by atoms with Gasteiger partial charge >= 0.3 is 0 Å². The van der Waals surface area contributed by atoms with Crippen molar-refractivity contribution in [1.29, 1.82) is 0 Å². The van der Waals surface area contributed by atoms with Gasteiger partial charge in [-0.1, -0.05) is 13.8 Å². The molecule has 1 aromatic rings. The molecule has 1 unspecified atom stereocenters. The van der Waals surface area contributed by atoms with E-state index in [0.717, 1.165) is 26.0 Å². The van der Waals surface area contributed by atoms with Crippen molar-refractivity contribution in [2.45, 2.75) is 32.7 Å². The third-order valence-electron chi connectivity index (χ3n) is 2.84. The lowest BCUT2D eigenvalue weighted by Crippen LogP contribution is -2.36. The van der Waals surface area contributed by atoms with Crippen molar-refractivity contribution >= 4 is 11.3 Å².